The number of nitrogens with zero attached hydrogens (tertiary/aromatic N) is 1. The summed E-state index contributed by atoms with van der Waals surface area (Å²) >= 11 is 0. The molecule has 4 heteroatoms. The van der Waals surface area contributed by atoms with Gasteiger partial charge in [-0.15, -0.1) is 0 Å². The molecule has 1 N–H and O–H groups in total. The van der Waals surface area contributed by atoms with Crippen LogP contribution in [0.15, 0.2) is 12.2 Å². The van der Waals surface area contributed by atoms with Crippen molar-refractivity contribution in [2.45, 2.75) is 32.1 Å². The molecular formula is C15H26N2O2. The normalized spacial score (nSPS) is 24.2. The lowest BCUT2D eigenvalue weighted by molar-refractivity contribution is 0.0586. The molecule has 1 heterocycles. The van der Waals surface area contributed by atoms with E-state index in [9.17, 15) is 4.79 Å². The zero-order chi connectivity index (χ0) is 13.5. The Morgan fingerprint density at radius 1 is 1.26 bits per heavy atom. The maximum Gasteiger partial charge on any atom is 0.317 e. The first-order valence-corrected chi connectivity index (χ1v) is 7.47. The molecule has 0 bridgehead atoms. The molecule has 0 unspecified atom stereocenters. The van der Waals surface area contributed by atoms with Crippen molar-refractivity contribution in [3.05, 3.63) is 12.2 Å². The van der Waals surface area contributed by atoms with Gasteiger partial charge in [0.2, 0.25) is 0 Å². The molecule has 1 atom stereocenters. The number of hydrogen-bond donors (Lipinski definition) is 1. The van der Waals surface area contributed by atoms with E-state index in [1.54, 1.807) is 0 Å². The summed E-state index contributed by atoms with van der Waals surface area (Å²) in [5.41, 5.74) is 0. The number of hydrogen-bond acceptors (Lipinski definition) is 2. The predicted molar refractivity (Wildman–Crippen MR) is 76.1 cm³/mol. The minimum absolute atomic E-state index is 0.0704. The van der Waals surface area contributed by atoms with Crippen molar-refractivity contribution in [2.75, 3.05) is 33.4 Å². The monoisotopic (exact) mass is 266 g/mol. The molecule has 0 aromatic rings. The second-order valence-electron chi connectivity index (χ2n) is 5.77. The molecule has 1 fully saturated rings. The van der Waals surface area contributed by atoms with Crippen LogP contribution >= 0.6 is 0 Å². The Balaban J connectivity index is 1.65. The van der Waals surface area contributed by atoms with Gasteiger partial charge in [0, 0.05) is 33.4 Å². The number of carbonyl (C=O) groups excluding carboxylic acids is 1. The van der Waals surface area contributed by atoms with Crippen molar-refractivity contribution in [1.82, 2.24) is 10.2 Å². The fraction of sp³-hybridized carbons (Fsp3) is 0.800. The van der Waals surface area contributed by atoms with Crippen LogP contribution in [-0.4, -0.2) is 44.3 Å². The first-order valence-electron chi connectivity index (χ1n) is 7.47. The van der Waals surface area contributed by atoms with Gasteiger partial charge in [-0.25, -0.2) is 4.79 Å². The number of carbonyl (C=O) groups is 1. The van der Waals surface area contributed by atoms with Gasteiger partial charge in [-0.05, 0) is 43.9 Å². The van der Waals surface area contributed by atoms with E-state index >= 15 is 0 Å². The van der Waals surface area contributed by atoms with Crippen LogP contribution in [0, 0.1) is 11.8 Å². The van der Waals surface area contributed by atoms with Crippen molar-refractivity contribution in [3.63, 3.8) is 0 Å². The Kier molecular flexibility index (Phi) is 5.70. The van der Waals surface area contributed by atoms with E-state index in [0.717, 1.165) is 52.0 Å². The number of ether oxygens (including phenoxy) is 1. The minimum atomic E-state index is 0.0704. The molecule has 0 saturated carbocycles. The predicted octanol–water partition coefficient (Wildman–Crippen LogP) is 2.41. The van der Waals surface area contributed by atoms with Gasteiger partial charge < -0.3 is 15.0 Å². The molecule has 2 amide bonds. The van der Waals surface area contributed by atoms with Crippen molar-refractivity contribution >= 4 is 6.03 Å². The quantitative estimate of drug-likeness (QED) is 0.794. The average Bonchev–Trinajstić information content (AvgIpc) is 2.47. The highest BCUT2D eigenvalue weighted by Crippen LogP contribution is 2.17. The molecule has 2 rings (SSSR count). The first kappa shape index (κ1) is 14.4. The summed E-state index contributed by atoms with van der Waals surface area (Å²) in [4.78, 5) is 13.9. The fourth-order valence-corrected chi connectivity index (χ4v) is 2.81. The van der Waals surface area contributed by atoms with E-state index in [-0.39, 0.29) is 6.03 Å². The highest BCUT2D eigenvalue weighted by Gasteiger charge is 2.19. The minimum Gasteiger partial charge on any atom is -0.381 e. The van der Waals surface area contributed by atoms with E-state index in [4.69, 9.17) is 4.74 Å². The molecule has 108 valence electrons. The summed E-state index contributed by atoms with van der Waals surface area (Å²) in [5.74, 6) is 1.22. The van der Waals surface area contributed by atoms with Crippen LogP contribution in [0.1, 0.15) is 32.1 Å². The van der Waals surface area contributed by atoms with Crippen molar-refractivity contribution in [2.24, 2.45) is 11.8 Å². The second kappa shape index (κ2) is 7.53. The maximum absolute atomic E-state index is 12.0. The summed E-state index contributed by atoms with van der Waals surface area (Å²) in [6, 6.07) is 0.0704. The zero-order valence-corrected chi connectivity index (χ0v) is 11.9. The van der Waals surface area contributed by atoms with E-state index in [2.05, 4.69) is 17.5 Å². The van der Waals surface area contributed by atoms with Crippen molar-refractivity contribution in [1.29, 1.82) is 0 Å². The molecule has 4 nitrogen and oxygen atoms in total. The van der Waals surface area contributed by atoms with Crippen LogP contribution in [0.25, 0.3) is 0 Å². The number of amides is 2. The van der Waals surface area contributed by atoms with Crippen molar-refractivity contribution in [3.8, 4) is 0 Å². The third-order valence-corrected chi connectivity index (χ3v) is 4.14. The molecular weight excluding hydrogens is 240 g/mol. The fourth-order valence-electron chi connectivity index (χ4n) is 2.81. The van der Waals surface area contributed by atoms with Gasteiger partial charge in [0.05, 0.1) is 0 Å². The van der Waals surface area contributed by atoms with Crippen LogP contribution in [0.3, 0.4) is 0 Å². The standard InChI is InChI=1S/C15H26N2O2/c1-17(12-14-7-9-19-10-8-14)15(18)16-11-13-5-3-2-4-6-13/h2-3,13-14H,4-12H2,1H3,(H,16,18)/t13-/m1/s1. The Morgan fingerprint density at radius 3 is 2.74 bits per heavy atom. The Morgan fingerprint density at radius 2 is 2.05 bits per heavy atom. The van der Waals surface area contributed by atoms with Gasteiger partial charge in [0.1, 0.15) is 0 Å². The van der Waals surface area contributed by atoms with Gasteiger partial charge in [0.25, 0.3) is 0 Å². The molecule has 0 aromatic heterocycles. The highest BCUT2D eigenvalue weighted by atomic mass is 16.5. The molecule has 2 aliphatic rings. The van der Waals surface area contributed by atoms with Crippen LogP contribution in [0.2, 0.25) is 0 Å². The summed E-state index contributed by atoms with van der Waals surface area (Å²) in [6.45, 7) is 3.34. The van der Waals surface area contributed by atoms with Gasteiger partial charge in [0.15, 0.2) is 0 Å². The summed E-state index contributed by atoms with van der Waals surface area (Å²) in [5, 5.41) is 3.06. The average molecular weight is 266 g/mol. The Bertz CT molecular complexity index is 311. The lowest BCUT2D eigenvalue weighted by Crippen LogP contribution is -2.42. The zero-order valence-electron chi connectivity index (χ0n) is 11.9. The summed E-state index contributed by atoms with van der Waals surface area (Å²) in [6.07, 6.45) is 10.1. The van der Waals surface area contributed by atoms with Crippen LogP contribution in [-0.2, 0) is 4.74 Å². The molecule has 1 saturated heterocycles. The number of nitrogens with one attached hydrogen (secondary N) is 1. The van der Waals surface area contributed by atoms with Crippen LogP contribution in [0.4, 0.5) is 4.79 Å². The molecule has 1 aliphatic heterocycles. The third-order valence-electron chi connectivity index (χ3n) is 4.14. The van der Waals surface area contributed by atoms with E-state index < -0.39 is 0 Å². The van der Waals surface area contributed by atoms with Crippen molar-refractivity contribution < 1.29 is 9.53 Å². The van der Waals surface area contributed by atoms with E-state index in [1.165, 1.54) is 6.42 Å². The molecule has 0 spiro atoms. The van der Waals surface area contributed by atoms with Crippen LogP contribution in [0.5, 0.6) is 0 Å². The highest BCUT2D eigenvalue weighted by molar-refractivity contribution is 5.73. The topological polar surface area (TPSA) is 41.6 Å². The van der Waals surface area contributed by atoms with Crippen LogP contribution < -0.4 is 5.32 Å². The summed E-state index contributed by atoms with van der Waals surface area (Å²) < 4.78 is 5.34. The summed E-state index contributed by atoms with van der Waals surface area (Å²) in [7, 11) is 1.89. The maximum atomic E-state index is 12.0. The van der Waals surface area contributed by atoms with E-state index in [0.29, 0.717) is 11.8 Å². The largest absolute Gasteiger partial charge is 0.381 e. The lowest BCUT2D eigenvalue weighted by atomic mass is 9.94. The van der Waals surface area contributed by atoms with Gasteiger partial charge in [-0.1, -0.05) is 12.2 Å². The molecule has 0 radical (unpaired) electrons. The second-order valence-corrected chi connectivity index (χ2v) is 5.77. The Hall–Kier alpha value is -1.03. The number of allylic oxidation sites excluding steroid dienone is 2. The van der Waals surface area contributed by atoms with Gasteiger partial charge in [-0.2, -0.15) is 0 Å². The van der Waals surface area contributed by atoms with Gasteiger partial charge in [-0.3, -0.25) is 0 Å². The lowest BCUT2D eigenvalue weighted by Gasteiger charge is -2.28. The third kappa shape index (κ3) is 4.86. The van der Waals surface area contributed by atoms with E-state index in [1.807, 2.05) is 11.9 Å². The SMILES string of the molecule is CN(CC1CCOCC1)C(=O)NC[C@@H]1CC=CCC1. The van der Waals surface area contributed by atoms with Gasteiger partial charge >= 0.3 is 6.03 Å². The molecule has 1 aliphatic carbocycles. The smallest absolute Gasteiger partial charge is 0.317 e. The first-order chi connectivity index (χ1) is 9.25. The number of urea groups is 1. The molecule has 0 aromatic carbocycles. The molecule has 19 heavy (non-hydrogen) atoms. The number of rotatable bonds is 4. The Labute approximate surface area is 116 Å².